The maximum Gasteiger partial charge on any atom is 0.240 e. The number of anilines is 1. The normalized spacial score (nSPS) is 20.8. The largest absolute Gasteiger partial charge is 0.386 e. The summed E-state index contributed by atoms with van der Waals surface area (Å²) in [5.41, 5.74) is -1.03. The van der Waals surface area contributed by atoms with Crippen molar-refractivity contribution < 1.29 is 14.3 Å². The molecule has 3 heterocycles. The van der Waals surface area contributed by atoms with E-state index in [-0.39, 0.29) is 19.0 Å². The van der Waals surface area contributed by atoms with Gasteiger partial charge in [0.15, 0.2) is 0 Å². The van der Waals surface area contributed by atoms with Crippen molar-refractivity contribution in [3.8, 4) is 0 Å². The Labute approximate surface area is 139 Å². The standard InChI is InChI=1S/C16H20FN5O2/c17-13-2-3-14(19-8-13)22-6-1-4-16(24,11-22)10-20-15(23)9-21-7-5-18-12-21/h2-3,5,7-8,12,24H,1,4,6,9-11H2,(H,20,23). The first-order valence-corrected chi connectivity index (χ1v) is 7.85. The molecule has 24 heavy (non-hydrogen) atoms. The van der Waals surface area contributed by atoms with Crippen molar-refractivity contribution in [2.24, 2.45) is 0 Å². The lowest BCUT2D eigenvalue weighted by Crippen LogP contribution is -2.54. The summed E-state index contributed by atoms with van der Waals surface area (Å²) in [6.07, 6.45) is 7.40. The molecule has 7 nitrogen and oxygen atoms in total. The van der Waals surface area contributed by atoms with Gasteiger partial charge in [-0.1, -0.05) is 0 Å². The van der Waals surface area contributed by atoms with Crippen molar-refractivity contribution in [2.45, 2.75) is 25.0 Å². The van der Waals surface area contributed by atoms with Crippen LogP contribution in [0.25, 0.3) is 0 Å². The van der Waals surface area contributed by atoms with E-state index in [1.807, 2.05) is 4.90 Å². The number of hydrogen-bond donors (Lipinski definition) is 2. The average molecular weight is 333 g/mol. The number of halogens is 1. The number of rotatable bonds is 5. The van der Waals surface area contributed by atoms with E-state index in [1.165, 1.54) is 6.07 Å². The number of imidazole rings is 1. The summed E-state index contributed by atoms with van der Waals surface area (Å²) >= 11 is 0. The summed E-state index contributed by atoms with van der Waals surface area (Å²) in [5.74, 6) is 0.0514. The Morgan fingerprint density at radius 3 is 3.04 bits per heavy atom. The number of pyridine rings is 1. The van der Waals surface area contributed by atoms with E-state index < -0.39 is 11.4 Å². The molecule has 1 unspecified atom stereocenters. The molecule has 3 rings (SSSR count). The maximum atomic E-state index is 13.0. The van der Waals surface area contributed by atoms with Crippen molar-refractivity contribution in [3.63, 3.8) is 0 Å². The molecular weight excluding hydrogens is 313 g/mol. The molecule has 1 atom stereocenters. The topological polar surface area (TPSA) is 83.3 Å². The number of carbonyl (C=O) groups is 1. The van der Waals surface area contributed by atoms with Gasteiger partial charge in [0.2, 0.25) is 5.91 Å². The minimum Gasteiger partial charge on any atom is -0.386 e. The van der Waals surface area contributed by atoms with E-state index in [0.717, 1.165) is 19.2 Å². The van der Waals surface area contributed by atoms with E-state index in [2.05, 4.69) is 15.3 Å². The Kier molecular flexibility index (Phi) is 4.75. The van der Waals surface area contributed by atoms with Gasteiger partial charge in [0.1, 0.15) is 18.2 Å². The van der Waals surface area contributed by atoms with E-state index in [0.29, 0.717) is 18.8 Å². The van der Waals surface area contributed by atoms with Gasteiger partial charge < -0.3 is 19.9 Å². The van der Waals surface area contributed by atoms with Crippen LogP contribution in [0.4, 0.5) is 10.2 Å². The highest BCUT2D eigenvalue weighted by molar-refractivity contribution is 5.75. The van der Waals surface area contributed by atoms with Crippen LogP contribution in [0.15, 0.2) is 37.1 Å². The number of aromatic nitrogens is 3. The molecule has 2 aromatic rings. The van der Waals surface area contributed by atoms with Gasteiger partial charge in [-0.05, 0) is 25.0 Å². The number of piperidine rings is 1. The van der Waals surface area contributed by atoms with Crippen LogP contribution in [-0.4, -0.2) is 50.8 Å². The van der Waals surface area contributed by atoms with Crippen molar-refractivity contribution >= 4 is 11.7 Å². The highest BCUT2D eigenvalue weighted by Crippen LogP contribution is 2.24. The molecule has 128 valence electrons. The minimum absolute atomic E-state index is 0.165. The van der Waals surface area contributed by atoms with Crippen molar-refractivity contribution in [1.29, 1.82) is 0 Å². The van der Waals surface area contributed by atoms with Crippen LogP contribution in [0.3, 0.4) is 0 Å². The van der Waals surface area contributed by atoms with E-state index in [1.54, 1.807) is 29.4 Å². The molecule has 1 amide bonds. The van der Waals surface area contributed by atoms with Crippen molar-refractivity contribution in [3.05, 3.63) is 42.9 Å². The maximum absolute atomic E-state index is 13.0. The molecule has 1 saturated heterocycles. The number of nitrogens with zero attached hydrogens (tertiary/aromatic N) is 4. The van der Waals surface area contributed by atoms with Crippen LogP contribution < -0.4 is 10.2 Å². The molecule has 0 radical (unpaired) electrons. The molecule has 1 fully saturated rings. The molecule has 8 heteroatoms. The van der Waals surface area contributed by atoms with Gasteiger partial charge >= 0.3 is 0 Å². The molecule has 1 aliphatic rings. The summed E-state index contributed by atoms with van der Waals surface area (Å²) in [4.78, 5) is 21.8. The van der Waals surface area contributed by atoms with Gasteiger partial charge in [-0.2, -0.15) is 0 Å². The second kappa shape index (κ2) is 6.96. The third kappa shape index (κ3) is 4.08. The monoisotopic (exact) mass is 333 g/mol. The predicted octanol–water partition coefficient (Wildman–Crippen LogP) is 0.565. The predicted molar refractivity (Wildman–Crippen MR) is 85.8 cm³/mol. The smallest absolute Gasteiger partial charge is 0.240 e. The lowest BCUT2D eigenvalue weighted by molar-refractivity contribution is -0.123. The van der Waals surface area contributed by atoms with E-state index in [4.69, 9.17) is 0 Å². The second-order valence-electron chi connectivity index (χ2n) is 6.10. The van der Waals surface area contributed by atoms with Crippen LogP contribution in [0.2, 0.25) is 0 Å². The quantitative estimate of drug-likeness (QED) is 0.836. The number of hydrogen-bond acceptors (Lipinski definition) is 5. The molecule has 0 saturated carbocycles. The highest BCUT2D eigenvalue weighted by Gasteiger charge is 2.34. The SMILES string of the molecule is O=C(Cn1ccnc1)NCC1(O)CCCN(c2ccc(F)cn2)C1. The first kappa shape index (κ1) is 16.4. The minimum atomic E-state index is -1.03. The molecule has 0 aliphatic carbocycles. The summed E-state index contributed by atoms with van der Waals surface area (Å²) in [7, 11) is 0. The van der Waals surface area contributed by atoms with Crippen LogP contribution in [0.1, 0.15) is 12.8 Å². The second-order valence-corrected chi connectivity index (χ2v) is 6.10. The summed E-state index contributed by atoms with van der Waals surface area (Å²) in [6, 6.07) is 2.95. The fourth-order valence-electron chi connectivity index (χ4n) is 2.87. The number of β-amino-alcohol motifs (C(OH)–C–C–N with tert-alkyl or cyclic N) is 1. The van der Waals surface area contributed by atoms with Crippen LogP contribution in [0, 0.1) is 5.82 Å². The molecule has 0 spiro atoms. The zero-order valence-corrected chi connectivity index (χ0v) is 13.2. The number of amides is 1. The third-order valence-electron chi connectivity index (χ3n) is 4.09. The third-order valence-corrected chi connectivity index (χ3v) is 4.09. The van der Waals surface area contributed by atoms with E-state index >= 15 is 0 Å². The molecule has 0 bridgehead atoms. The fraction of sp³-hybridized carbons (Fsp3) is 0.438. The molecule has 0 aromatic carbocycles. The van der Waals surface area contributed by atoms with Crippen LogP contribution in [-0.2, 0) is 11.3 Å². The van der Waals surface area contributed by atoms with Gasteiger partial charge in [-0.3, -0.25) is 4.79 Å². The highest BCUT2D eigenvalue weighted by atomic mass is 19.1. The van der Waals surface area contributed by atoms with Crippen molar-refractivity contribution in [2.75, 3.05) is 24.5 Å². The number of carbonyl (C=O) groups excluding carboxylic acids is 1. The van der Waals surface area contributed by atoms with Gasteiger partial charge in [0.25, 0.3) is 0 Å². The Morgan fingerprint density at radius 2 is 2.33 bits per heavy atom. The molecule has 2 N–H and O–H groups in total. The Hall–Kier alpha value is -2.48. The molecular formula is C16H20FN5O2. The Morgan fingerprint density at radius 1 is 1.46 bits per heavy atom. The van der Waals surface area contributed by atoms with Crippen molar-refractivity contribution in [1.82, 2.24) is 19.9 Å². The lowest BCUT2D eigenvalue weighted by Gasteiger charge is -2.39. The number of aliphatic hydroxyl groups is 1. The average Bonchev–Trinajstić information content (AvgIpc) is 3.07. The van der Waals surface area contributed by atoms with Gasteiger partial charge in [-0.25, -0.2) is 14.4 Å². The van der Waals surface area contributed by atoms with Crippen LogP contribution >= 0.6 is 0 Å². The summed E-state index contributed by atoms with van der Waals surface area (Å²) in [6.45, 7) is 1.42. The fourth-order valence-corrected chi connectivity index (χ4v) is 2.87. The summed E-state index contributed by atoms with van der Waals surface area (Å²) in [5, 5.41) is 13.5. The zero-order valence-electron chi connectivity index (χ0n) is 13.2. The molecule has 2 aromatic heterocycles. The van der Waals surface area contributed by atoms with Crippen LogP contribution in [0.5, 0.6) is 0 Å². The van der Waals surface area contributed by atoms with Gasteiger partial charge in [-0.15, -0.1) is 0 Å². The first-order chi connectivity index (χ1) is 11.5. The lowest BCUT2D eigenvalue weighted by atomic mass is 9.92. The van der Waals surface area contributed by atoms with Gasteiger partial charge in [0.05, 0.1) is 18.1 Å². The Balaban J connectivity index is 1.56. The number of nitrogens with one attached hydrogen (secondary N) is 1. The Bertz CT molecular complexity index is 676. The first-order valence-electron chi connectivity index (χ1n) is 7.85. The van der Waals surface area contributed by atoms with E-state index in [9.17, 15) is 14.3 Å². The zero-order chi connectivity index (χ0) is 17.0. The summed E-state index contributed by atoms with van der Waals surface area (Å²) < 4.78 is 14.6. The van der Waals surface area contributed by atoms with Gasteiger partial charge in [0, 0.05) is 32.0 Å². The molecule has 1 aliphatic heterocycles.